The highest BCUT2D eigenvalue weighted by atomic mass is 79.9. The predicted octanol–water partition coefficient (Wildman–Crippen LogP) is 7.22. The van der Waals surface area contributed by atoms with Gasteiger partial charge in [0.15, 0.2) is 0 Å². The van der Waals surface area contributed by atoms with Gasteiger partial charge in [-0.15, -0.1) is 0 Å². The first-order chi connectivity index (χ1) is 12.6. The van der Waals surface area contributed by atoms with Crippen LogP contribution in [-0.2, 0) is 0 Å². The molecule has 0 N–H and O–H groups in total. The first kappa shape index (κ1) is 17.8. The van der Waals surface area contributed by atoms with Crippen molar-refractivity contribution in [3.8, 4) is 0 Å². The van der Waals surface area contributed by atoms with E-state index in [2.05, 4.69) is 85.4 Å². The average Bonchev–Trinajstić information content (AvgIpc) is 3.08. The molecule has 1 aliphatic heterocycles. The average molecular weight is 491 g/mol. The summed E-state index contributed by atoms with van der Waals surface area (Å²) in [6.07, 6.45) is 0.843. The summed E-state index contributed by atoms with van der Waals surface area (Å²) in [4.78, 5) is 0. The Morgan fingerprint density at radius 3 is 2.19 bits per heavy atom. The summed E-state index contributed by atoms with van der Waals surface area (Å²) in [5.41, 5.74) is 4.44. The molecular formula is C21H15Br2ClN2. The molecule has 1 heterocycles. The number of hydrogen-bond acceptors (Lipinski definition) is 2. The van der Waals surface area contributed by atoms with Crippen LogP contribution in [0.1, 0.15) is 23.6 Å². The Hall–Kier alpha value is -1.62. The van der Waals surface area contributed by atoms with Gasteiger partial charge in [0.1, 0.15) is 0 Å². The first-order valence-corrected chi connectivity index (χ1v) is 10.2. The molecule has 0 amide bonds. The molecule has 0 saturated carbocycles. The molecular weight excluding hydrogens is 476 g/mol. The van der Waals surface area contributed by atoms with Crippen molar-refractivity contribution in [1.82, 2.24) is 0 Å². The summed E-state index contributed by atoms with van der Waals surface area (Å²) >= 11 is 13.2. The van der Waals surface area contributed by atoms with Crippen LogP contribution in [0.15, 0.2) is 86.8 Å². The van der Waals surface area contributed by atoms with E-state index in [-0.39, 0.29) is 6.04 Å². The lowest BCUT2D eigenvalue weighted by molar-refractivity contribution is 0.709. The molecule has 26 heavy (non-hydrogen) atoms. The zero-order valence-corrected chi connectivity index (χ0v) is 17.7. The van der Waals surface area contributed by atoms with Crippen molar-refractivity contribution in [2.75, 3.05) is 5.01 Å². The summed E-state index contributed by atoms with van der Waals surface area (Å²) in [5.74, 6) is 0. The molecule has 2 nitrogen and oxygen atoms in total. The number of halogens is 3. The van der Waals surface area contributed by atoms with Gasteiger partial charge < -0.3 is 0 Å². The zero-order chi connectivity index (χ0) is 18.1. The third kappa shape index (κ3) is 3.73. The Morgan fingerprint density at radius 1 is 0.885 bits per heavy atom. The molecule has 0 aliphatic carbocycles. The fraction of sp³-hybridized carbons (Fsp3) is 0.0952. The van der Waals surface area contributed by atoms with Crippen molar-refractivity contribution in [3.63, 3.8) is 0 Å². The minimum Gasteiger partial charge on any atom is -0.257 e. The molecule has 0 bridgehead atoms. The molecule has 4 rings (SSSR count). The second-order valence-corrected chi connectivity index (χ2v) is 8.42. The molecule has 3 aromatic rings. The van der Waals surface area contributed by atoms with Crippen LogP contribution in [0.5, 0.6) is 0 Å². The standard InChI is InChI=1S/C21H15Br2ClN2/c22-16-8-4-14(5-9-16)20-13-21(15-6-10-17(23)11-7-15)26(25-20)19-3-1-2-18(24)12-19/h1-12,21H,13H2/t21-/m0/s1. The highest BCUT2D eigenvalue weighted by molar-refractivity contribution is 9.10. The molecule has 3 aromatic carbocycles. The second kappa shape index (κ2) is 7.55. The van der Waals surface area contributed by atoms with Crippen molar-refractivity contribution in [2.45, 2.75) is 12.5 Å². The monoisotopic (exact) mass is 488 g/mol. The molecule has 0 saturated heterocycles. The summed E-state index contributed by atoms with van der Waals surface area (Å²) < 4.78 is 2.14. The van der Waals surface area contributed by atoms with Crippen LogP contribution in [0, 0.1) is 0 Å². The summed E-state index contributed by atoms with van der Waals surface area (Å²) in [7, 11) is 0. The number of rotatable bonds is 3. The minimum atomic E-state index is 0.139. The van der Waals surface area contributed by atoms with Crippen LogP contribution in [-0.4, -0.2) is 5.71 Å². The third-order valence-corrected chi connectivity index (χ3v) is 5.71. The normalized spacial score (nSPS) is 16.7. The lowest BCUT2D eigenvalue weighted by Crippen LogP contribution is -2.18. The molecule has 130 valence electrons. The third-order valence-electron chi connectivity index (χ3n) is 4.42. The maximum atomic E-state index is 6.22. The van der Waals surface area contributed by atoms with Gasteiger partial charge in [0, 0.05) is 20.4 Å². The minimum absolute atomic E-state index is 0.139. The number of anilines is 1. The predicted molar refractivity (Wildman–Crippen MR) is 116 cm³/mol. The van der Waals surface area contributed by atoms with Gasteiger partial charge in [-0.1, -0.05) is 73.8 Å². The largest absolute Gasteiger partial charge is 0.257 e. The number of hydrogen-bond donors (Lipinski definition) is 0. The second-order valence-electron chi connectivity index (χ2n) is 6.15. The van der Waals surface area contributed by atoms with E-state index < -0.39 is 0 Å². The van der Waals surface area contributed by atoms with Gasteiger partial charge in [-0.2, -0.15) is 5.10 Å². The van der Waals surface area contributed by atoms with Gasteiger partial charge in [-0.05, 0) is 53.6 Å². The SMILES string of the molecule is Clc1cccc(N2N=C(c3ccc(Br)cc3)C[C@H]2c2ccc(Br)cc2)c1. The fourth-order valence-corrected chi connectivity index (χ4v) is 3.84. The Bertz CT molecular complexity index is 953. The smallest absolute Gasteiger partial charge is 0.0831 e. The molecule has 1 atom stereocenters. The van der Waals surface area contributed by atoms with Gasteiger partial charge >= 0.3 is 0 Å². The van der Waals surface area contributed by atoms with Crippen LogP contribution < -0.4 is 5.01 Å². The van der Waals surface area contributed by atoms with Crippen molar-refractivity contribution in [3.05, 3.63) is 97.9 Å². The van der Waals surface area contributed by atoms with Crippen LogP contribution in [0.25, 0.3) is 0 Å². The van der Waals surface area contributed by atoms with E-state index in [0.29, 0.717) is 5.02 Å². The van der Waals surface area contributed by atoms with Gasteiger partial charge in [0.2, 0.25) is 0 Å². The van der Waals surface area contributed by atoms with E-state index in [1.165, 1.54) is 5.56 Å². The van der Waals surface area contributed by atoms with Crippen LogP contribution in [0.3, 0.4) is 0 Å². The van der Waals surface area contributed by atoms with E-state index >= 15 is 0 Å². The Labute approximate surface area is 174 Å². The van der Waals surface area contributed by atoms with Crippen LogP contribution >= 0.6 is 43.5 Å². The molecule has 5 heteroatoms. The van der Waals surface area contributed by atoms with Crippen molar-refractivity contribution in [1.29, 1.82) is 0 Å². The molecule has 0 fully saturated rings. The highest BCUT2D eigenvalue weighted by Gasteiger charge is 2.30. The van der Waals surface area contributed by atoms with Crippen LogP contribution in [0.2, 0.25) is 5.02 Å². The molecule has 0 unspecified atom stereocenters. The number of benzene rings is 3. The van der Waals surface area contributed by atoms with Gasteiger partial charge in [0.05, 0.1) is 17.4 Å². The highest BCUT2D eigenvalue weighted by Crippen LogP contribution is 2.37. The number of nitrogens with zero attached hydrogens (tertiary/aromatic N) is 2. The summed E-state index contributed by atoms with van der Waals surface area (Å²) in [6, 6.07) is 24.7. The fourth-order valence-electron chi connectivity index (χ4n) is 3.13. The van der Waals surface area contributed by atoms with E-state index in [1.54, 1.807) is 0 Å². The first-order valence-electron chi connectivity index (χ1n) is 8.24. The quantitative estimate of drug-likeness (QED) is 0.378. The van der Waals surface area contributed by atoms with E-state index in [4.69, 9.17) is 16.7 Å². The van der Waals surface area contributed by atoms with Crippen molar-refractivity contribution < 1.29 is 0 Å². The maximum Gasteiger partial charge on any atom is 0.0831 e. The summed E-state index contributed by atoms with van der Waals surface area (Å²) in [5, 5.41) is 7.73. The van der Waals surface area contributed by atoms with Gasteiger partial charge in [-0.25, -0.2) is 0 Å². The Morgan fingerprint density at radius 2 is 1.54 bits per heavy atom. The van der Waals surface area contributed by atoms with Crippen molar-refractivity contribution in [2.24, 2.45) is 5.10 Å². The van der Waals surface area contributed by atoms with E-state index in [9.17, 15) is 0 Å². The molecule has 1 aliphatic rings. The van der Waals surface area contributed by atoms with Gasteiger partial charge in [-0.3, -0.25) is 5.01 Å². The molecule has 0 spiro atoms. The number of hydrazone groups is 1. The van der Waals surface area contributed by atoms with Crippen molar-refractivity contribution >= 4 is 54.9 Å². The van der Waals surface area contributed by atoms with E-state index in [1.807, 2.05) is 24.3 Å². The van der Waals surface area contributed by atoms with Crippen LogP contribution in [0.4, 0.5) is 5.69 Å². The van der Waals surface area contributed by atoms with Gasteiger partial charge in [0.25, 0.3) is 0 Å². The molecule has 0 radical (unpaired) electrons. The maximum absolute atomic E-state index is 6.22. The lowest BCUT2D eigenvalue weighted by Gasteiger charge is -2.24. The topological polar surface area (TPSA) is 15.6 Å². The lowest BCUT2D eigenvalue weighted by atomic mass is 9.98. The summed E-state index contributed by atoms with van der Waals surface area (Å²) in [6.45, 7) is 0. The van der Waals surface area contributed by atoms with E-state index in [0.717, 1.165) is 32.3 Å². The zero-order valence-electron chi connectivity index (χ0n) is 13.7. The molecule has 0 aromatic heterocycles. The Balaban J connectivity index is 1.75. The Kier molecular flexibility index (Phi) is 5.16.